The van der Waals surface area contributed by atoms with Crippen LogP contribution >= 0.6 is 0 Å². The first-order valence-electron chi connectivity index (χ1n) is 12.3. The van der Waals surface area contributed by atoms with E-state index in [1.807, 2.05) is 12.1 Å². The van der Waals surface area contributed by atoms with Crippen molar-refractivity contribution in [3.63, 3.8) is 0 Å². The minimum absolute atomic E-state index is 0.0268. The predicted octanol–water partition coefficient (Wildman–Crippen LogP) is 4.17. The van der Waals surface area contributed by atoms with E-state index in [1.165, 1.54) is 23.6 Å². The van der Waals surface area contributed by atoms with Gasteiger partial charge in [-0.15, -0.1) is 0 Å². The molecule has 0 saturated carbocycles. The molecule has 9 nitrogen and oxygen atoms in total. The van der Waals surface area contributed by atoms with E-state index in [4.69, 9.17) is 16.5 Å². The number of nitrogen functional groups attached to an aromatic ring is 1. The van der Waals surface area contributed by atoms with Crippen molar-refractivity contribution in [3.8, 4) is 22.4 Å². The highest BCUT2D eigenvalue weighted by Crippen LogP contribution is 2.44. The number of piperidine rings is 1. The van der Waals surface area contributed by atoms with Gasteiger partial charge in [0.2, 0.25) is 0 Å². The zero-order chi connectivity index (χ0) is 25.8. The number of benzene rings is 1. The smallest absolute Gasteiger partial charge is 0.315 e. The van der Waals surface area contributed by atoms with Crippen LogP contribution in [0.5, 0.6) is 0 Å². The van der Waals surface area contributed by atoms with Crippen LogP contribution in [0.4, 0.5) is 15.0 Å². The summed E-state index contributed by atoms with van der Waals surface area (Å²) in [5.41, 5.74) is 16.7. The lowest BCUT2D eigenvalue weighted by Crippen LogP contribution is -2.48. The summed E-state index contributed by atoms with van der Waals surface area (Å²) in [7, 11) is 0. The van der Waals surface area contributed by atoms with Crippen molar-refractivity contribution in [1.82, 2.24) is 24.5 Å². The molecule has 2 saturated heterocycles. The summed E-state index contributed by atoms with van der Waals surface area (Å²) in [4.78, 5) is 36.0. The van der Waals surface area contributed by atoms with E-state index in [2.05, 4.69) is 10.1 Å². The molecule has 3 aromatic heterocycles. The number of amides is 2. The largest absolute Gasteiger partial charge is 0.383 e. The molecule has 1 unspecified atom stereocenters. The molecule has 4 aromatic rings. The fraction of sp³-hybridized carbons (Fsp3) is 0.296. The Morgan fingerprint density at radius 3 is 2.27 bits per heavy atom. The molecule has 2 amide bonds. The summed E-state index contributed by atoms with van der Waals surface area (Å²) < 4.78 is 14.8. The third kappa shape index (κ3) is 3.80. The van der Waals surface area contributed by atoms with Gasteiger partial charge in [-0.05, 0) is 62.9 Å². The van der Waals surface area contributed by atoms with E-state index < -0.39 is 6.03 Å². The van der Waals surface area contributed by atoms with Crippen molar-refractivity contribution >= 4 is 23.3 Å². The molecular weight excluding hydrogens is 473 g/mol. The number of anilines is 1. The Morgan fingerprint density at radius 1 is 1.00 bits per heavy atom. The lowest BCUT2D eigenvalue weighted by Gasteiger charge is -2.38. The molecule has 3 atom stereocenters. The summed E-state index contributed by atoms with van der Waals surface area (Å²) in [5, 5.41) is 4.43. The summed E-state index contributed by atoms with van der Waals surface area (Å²) in [5.74, 6) is -0.251. The number of fused-ring (bicyclic) bond motifs is 3. The van der Waals surface area contributed by atoms with E-state index >= 15 is 0 Å². The maximum atomic E-state index is 13.3. The lowest BCUT2D eigenvalue weighted by atomic mass is 9.85. The molecule has 10 heteroatoms. The second-order valence-corrected chi connectivity index (χ2v) is 9.84. The predicted molar refractivity (Wildman–Crippen MR) is 136 cm³/mol. The van der Waals surface area contributed by atoms with Gasteiger partial charge in [-0.2, -0.15) is 9.61 Å². The molecule has 2 fully saturated rings. The Balaban J connectivity index is 1.41. The number of hydrogen-bond acceptors (Lipinski definition) is 6. The van der Waals surface area contributed by atoms with Crippen molar-refractivity contribution in [2.45, 2.75) is 50.6 Å². The van der Waals surface area contributed by atoms with Gasteiger partial charge in [0.05, 0.1) is 23.1 Å². The number of Topliss-reactive ketones (excluding diaryl/α,β-unsaturated/α-hetero) is 1. The molecule has 188 valence electrons. The molecule has 6 rings (SSSR count). The number of primary amides is 1. The van der Waals surface area contributed by atoms with Crippen molar-refractivity contribution in [3.05, 3.63) is 65.9 Å². The number of rotatable bonds is 4. The van der Waals surface area contributed by atoms with Crippen molar-refractivity contribution in [1.29, 1.82) is 0 Å². The van der Waals surface area contributed by atoms with Gasteiger partial charge in [-0.3, -0.25) is 9.78 Å². The summed E-state index contributed by atoms with van der Waals surface area (Å²) in [6, 6.07) is 9.61. The van der Waals surface area contributed by atoms with Crippen LogP contribution in [0.3, 0.4) is 0 Å². The van der Waals surface area contributed by atoms with Gasteiger partial charge in [-0.1, -0.05) is 6.07 Å². The maximum absolute atomic E-state index is 13.3. The third-order valence-corrected chi connectivity index (χ3v) is 7.65. The summed E-state index contributed by atoms with van der Waals surface area (Å²) in [6.07, 6.45) is 6.53. The molecule has 2 aliphatic heterocycles. The molecule has 2 aliphatic rings. The number of halogens is 1. The van der Waals surface area contributed by atoms with E-state index in [0.29, 0.717) is 35.4 Å². The Kier molecular flexibility index (Phi) is 5.40. The standard InChI is InChI=1S/C27H26FN7O2/c1-14(36)23-24(17-10-19-7-8-20(11-17)34(19)27(30)37)33-26-21(13-32-35(26)25(23)29)16-4-9-22(31-12-16)15-2-5-18(28)6-3-15/h2-6,9,12-13,17,19-20H,7-8,10-11,29H2,1H3,(H2,30,37)/t17?,19-,20+. The second-order valence-electron chi connectivity index (χ2n) is 9.84. The molecule has 0 radical (unpaired) electrons. The first-order valence-corrected chi connectivity index (χ1v) is 12.3. The number of urea groups is 1. The average molecular weight is 500 g/mol. The Labute approximate surface area is 212 Å². The van der Waals surface area contributed by atoms with E-state index in [0.717, 1.165) is 29.5 Å². The van der Waals surface area contributed by atoms with Crippen LogP contribution in [0.15, 0.2) is 48.8 Å². The van der Waals surface area contributed by atoms with Crippen LogP contribution in [0.2, 0.25) is 0 Å². The highest BCUT2D eigenvalue weighted by Gasteiger charge is 2.44. The molecule has 0 aliphatic carbocycles. The van der Waals surface area contributed by atoms with Gasteiger partial charge >= 0.3 is 6.03 Å². The molecule has 5 heterocycles. The number of ketones is 1. The van der Waals surface area contributed by atoms with Gasteiger partial charge in [0.1, 0.15) is 11.6 Å². The minimum atomic E-state index is -0.393. The van der Waals surface area contributed by atoms with Crippen LogP contribution < -0.4 is 11.5 Å². The van der Waals surface area contributed by atoms with Crippen molar-refractivity contribution in [2.24, 2.45) is 5.73 Å². The number of hydrogen-bond donors (Lipinski definition) is 2. The average Bonchev–Trinajstić information content (AvgIpc) is 3.43. The normalized spacial score (nSPS) is 20.9. The number of pyridine rings is 1. The van der Waals surface area contributed by atoms with Crippen molar-refractivity contribution < 1.29 is 14.0 Å². The van der Waals surface area contributed by atoms with Crippen LogP contribution in [0.1, 0.15) is 54.6 Å². The van der Waals surface area contributed by atoms with E-state index in [1.54, 1.807) is 29.4 Å². The Bertz CT molecular complexity index is 1520. The van der Waals surface area contributed by atoms with Gasteiger partial charge < -0.3 is 16.4 Å². The lowest BCUT2D eigenvalue weighted by molar-refractivity contribution is 0.101. The first-order chi connectivity index (χ1) is 17.8. The zero-order valence-electron chi connectivity index (χ0n) is 20.3. The molecular formula is C27H26FN7O2. The Morgan fingerprint density at radius 2 is 1.68 bits per heavy atom. The SMILES string of the molecule is CC(=O)c1c(C2C[C@H]3CC[C@@H](C2)N3C(N)=O)nc2c(-c3ccc(-c4ccc(F)cc4)nc3)cnn2c1N. The van der Waals surface area contributed by atoms with Crippen LogP contribution in [-0.2, 0) is 0 Å². The van der Waals surface area contributed by atoms with E-state index in [9.17, 15) is 14.0 Å². The fourth-order valence-electron chi connectivity index (χ4n) is 6.00. The van der Waals surface area contributed by atoms with Gasteiger partial charge in [-0.25, -0.2) is 14.2 Å². The van der Waals surface area contributed by atoms with Crippen molar-refractivity contribution in [2.75, 3.05) is 5.73 Å². The topological polar surface area (TPSA) is 132 Å². The quantitative estimate of drug-likeness (QED) is 0.405. The first kappa shape index (κ1) is 23.1. The maximum Gasteiger partial charge on any atom is 0.315 e. The van der Waals surface area contributed by atoms with E-state index in [-0.39, 0.29) is 35.4 Å². The minimum Gasteiger partial charge on any atom is -0.383 e. The Hall–Kier alpha value is -4.34. The molecule has 1 aromatic carbocycles. The summed E-state index contributed by atoms with van der Waals surface area (Å²) >= 11 is 0. The number of carbonyl (C=O) groups is 2. The zero-order valence-corrected chi connectivity index (χ0v) is 20.3. The molecule has 0 spiro atoms. The highest BCUT2D eigenvalue weighted by atomic mass is 19.1. The van der Waals surface area contributed by atoms with Gasteiger partial charge in [0.25, 0.3) is 0 Å². The molecule has 4 N–H and O–H groups in total. The number of aromatic nitrogens is 4. The molecule has 37 heavy (non-hydrogen) atoms. The van der Waals surface area contributed by atoms with Crippen LogP contribution in [0.25, 0.3) is 28.0 Å². The highest BCUT2D eigenvalue weighted by molar-refractivity contribution is 6.00. The number of carbonyl (C=O) groups excluding carboxylic acids is 2. The number of nitrogens with two attached hydrogens (primary N) is 2. The third-order valence-electron chi connectivity index (χ3n) is 7.65. The van der Waals surface area contributed by atoms with Gasteiger partial charge in [0.15, 0.2) is 11.4 Å². The molecule has 2 bridgehead atoms. The second kappa shape index (κ2) is 8.65. The fourth-order valence-corrected chi connectivity index (χ4v) is 6.00. The monoisotopic (exact) mass is 499 g/mol. The van der Waals surface area contributed by atoms with Crippen LogP contribution in [0, 0.1) is 5.82 Å². The van der Waals surface area contributed by atoms with Gasteiger partial charge in [0, 0.05) is 40.9 Å². The number of nitrogens with zero attached hydrogens (tertiary/aromatic N) is 5. The summed E-state index contributed by atoms with van der Waals surface area (Å²) in [6.45, 7) is 1.48. The van der Waals surface area contributed by atoms with Crippen LogP contribution in [-0.4, -0.2) is 48.4 Å².